The molecule has 0 saturated heterocycles. The van der Waals surface area contributed by atoms with Gasteiger partial charge in [0.25, 0.3) is 0 Å². The van der Waals surface area contributed by atoms with Crippen molar-refractivity contribution in [2.24, 2.45) is 0 Å². The molecule has 2 rings (SSSR count). The summed E-state index contributed by atoms with van der Waals surface area (Å²) in [6, 6.07) is 3.65. The first kappa shape index (κ1) is 6.49. The summed E-state index contributed by atoms with van der Waals surface area (Å²) in [7, 11) is 0. The molecule has 0 N–H and O–H groups in total. The van der Waals surface area contributed by atoms with Crippen molar-refractivity contribution in [2.75, 3.05) is 0 Å². The molecule has 0 atom stereocenters. The summed E-state index contributed by atoms with van der Waals surface area (Å²) >= 11 is 5.57. The molecule has 0 saturated carbocycles. The molecule has 11 heavy (non-hydrogen) atoms. The van der Waals surface area contributed by atoms with Crippen molar-refractivity contribution in [2.45, 2.75) is 0 Å². The number of fused-ring (bicyclic) bond motifs is 1. The van der Waals surface area contributed by atoms with Crippen LogP contribution in [0.15, 0.2) is 24.5 Å². The van der Waals surface area contributed by atoms with E-state index in [2.05, 4.69) is 15.0 Å². The van der Waals surface area contributed by atoms with Crippen LogP contribution < -0.4 is 0 Å². The molecular weight excluding hydrogens is 162 g/mol. The average Bonchev–Trinajstić information content (AvgIpc) is 2.04. The van der Waals surface area contributed by atoms with E-state index in [-0.39, 0.29) is 5.28 Å². The molecule has 2 aromatic heterocycles. The molecule has 0 bridgehead atoms. The van der Waals surface area contributed by atoms with Crippen molar-refractivity contribution >= 4 is 22.6 Å². The second-order valence-electron chi connectivity index (χ2n) is 2.05. The standard InChI is InChI=1S/C7H4ClN3/c8-7-10-4-6-5(11-7)2-1-3-9-6/h1-4H. The van der Waals surface area contributed by atoms with E-state index >= 15 is 0 Å². The Labute approximate surface area is 68.1 Å². The van der Waals surface area contributed by atoms with E-state index in [1.165, 1.54) is 0 Å². The molecule has 0 aliphatic carbocycles. The number of aromatic nitrogens is 3. The maximum Gasteiger partial charge on any atom is 0.223 e. The maximum atomic E-state index is 5.57. The highest BCUT2D eigenvalue weighted by atomic mass is 35.5. The zero-order valence-corrected chi connectivity index (χ0v) is 6.28. The van der Waals surface area contributed by atoms with Crippen molar-refractivity contribution in [3.63, 3.8) is 0 Å². The lowest BCUT2D eigenvalue weighted by atomic mass is 10.4. The monoisotopic (exact) mass is 165 g/mol. The summed E-state index contributed by atoms with van der Waals surface area (Å²) in [5.74, 6) is 0. The van der Waals surface area contributed by atoms with Gasteiger partial charge in [0.2, 0.25) is 5.28 Å². The average molecular weight is 166 g/mol. The van der Waals surface area contributed by atoms with Crippen LogP contribution in [-0.2, 0) is 0 Å². The number of rotatable bonds is 0. The number of pyridine rings is 1. The van der Waals surface area contributed by atoms with Crippen LogP contribution in [0.1, 0.15) is 0 Å². The molecule has 3 nitrogen and oxygen atoms in total. The molecule has 0 amide bonds. The van der Waals surface area contributed by atoms with Crippen molar-refractivity contribution in [1.29, 1.82) is 0 Å². The van der Waals surface area contributed by atoms with Crippen LogP contribution in [0, 0.1) is 0 Å². The summed E-state index contributed by atoms with van der Waals surface area (Å²) < 4.78 is 0. The Morgan fingerprint density at radius 2 is 2.09 bits per heavy atom. The lowest BCUT2D eigenvalue weighted by Crippen LogP contribution is -1.84. The van der Waals surface area contributed by atoms with E-state index in [4.69, 9.17) is 11.6 Å². The fourth-order valence-corrected chi connectivity index (χ4v) is 0.986. The number of hydrogen-bond donors (Lipinski definition) is 0. The Hall–Kier alpha value is -1.22. The molecule has 0 radical (unpaired) electrons. The summed E-state index contributed by atoms with van der Waals surface area (Å²) in [6.07, 6.45) is 3.30. The third kappa shape index (κ3) is 1.14. The Kier molecular flexibility index (Phi) is 1.43. The Balaban J connectivity index is 2.83. The van der Waals surface area contributed by atoms with E-state index in [1.54, 1.807) is 12.4 Å². The fourth-order valence-electron chi connectivity index (χ4n) is 0.846. The van der Waals surface area contributed by atoms with Crippen molar-refractivity contribution < 1.29 is 0 Å². The first-order chi connectivity index (χ1) is 5.36. The SMILES string of the molecule is Clc1ncc2ncccc2n1. The van der Waals surface area contributed by atoms with E-state index in [0.29, 0.717) is 0 Å². The van der Waals surface area contributed by atoms with Gasteiger partial charge in [-0.1, -0.05) is 0 Å². The highest BCUT2D eigenvalue weighted by Gasteiger charge is 1.95. The second-order valence-corrected chi connectivity index (χ2v) is 2.38. The van der Waals surface area contributed by atoms with E-state index in [9.17, 15) is 0 Å². The second kappa shape index (κ2) is 2.43. The Morgan fingerprint density at radius 1 is 1.18 bits per heavy atom. The van der Waals surface area contributed by atoms with Crippen molar-refractivity contribution in [3.05, 3.63) is 29.8 Å². The quantitative estimate of drug-likeness (QED) is 0.558. The number of halogens is 1. The van der Waals surface area contributed by atoms with Crippen LogP contribution in [0.3, 0.4) is 0 Å². The van der Waals surface area contributed by atoms with Gasteiger partial charge in [-0.15, -0.1) is 0 Å². The van der Waals surface area contributed by atoms with Gasteiger partial charge in [0.15, 0.2) is 0 Å². The van der Waals surface area contributed by atoms with Crippen LogP contribution in [0.2, 0.25) is 5.28 Å². The highest BCUT2D eigenvalue weighted by Crippen LogP contribution is 2.08. The third-order valence-corrected chi connectivity index (χ3v) is 1.50. The number of nitrogens with zero attached hydrogens (tertiary/aromatic N) is 3. The maximum absolute atomic E-state index is 5.57. The van der Waals surface area contributed by atoms with E-state index < -0.39 is 0 Å². The minimum Gasteiger partial charge on any atom is -0.253 e. The molecule has 0 aromatic carbocycles. The minimum atomic E-state index is 0.255. The van der Waals surface area contributed by atoms with E-state index in [0.717, 1.165) is 11.0 Å². The van der Waals surface area contributed by atoms with Gasteiger partial charge in [-0.3, -0.25) is 4.98 Å². The third-order valence-electron chi connectivity index (χ3n) is 1.32. The normalized spacial score (nSPS) is 10.3. The van der Waals surface area contributed by atoms with Gasteiger partial charge >= 0.3 is 0 Å². The topological polar surface area (TPSA) is 38.7 Å². The predicted molar refractivity (Wildman–Crippen MR) is 42.3 cm³/mol. The van der Waals surface area contributed by atoms with Crippen LogP contribution in [0.5, 0.6) is 0 Å². The number of hydrogen-bond acceptors (Lipinski definition) is 3. The fraction of sp³-hybridized carbons (Fsp3) is 0. The molecule has 0 fully saturated rings. The Bertz CT molecular complexity index is 388. The minimum absolute atomic E-state index is 0.255. The van der Waals surface area contributed by atoms with Crippen LogP contribution in [-0.4, -0.2) is 15.0 Å². The van der Waals surface area contributed by atoms with Gasteiger partial charge in [-0.05, 0) is 23.7 Å². The van der Waals surface area contributed by atoms with Gasteiger partial charge in [0, 0.05) is 6.20 Å². The highest BCUT2D eigenvalue weighted by molar-refractivity contribution is 6.28. The molecular formula is C7H4ClN3. The van der Waals surface area contributed by atoms with Crippen molar-refractivity contribution in [3.8, 4) is 0 Å². The predicted octanol–water partition coefficient (Wildman–Crippen LogP) is 1.68. The largest absolute Gasteiger partial charge is 0.253 e. The van der Waals surface area contributed by atoms with E-state index in [1.807, 2.05) is 12.1 Å². The van der Waals surface area contributed by atoms with Gasteiger partial charge in [-0.2, -0.15) is 0 Å². The summed E-state index contributed by atoms with van der Waals surface area (Å²) in [5, 5.41) is 0.255. The van der Waals surface area contributed by atoms with Gasteiger partial charge in [0.1, 0.15) is 5.52 Å². The zero-order chi connectivity index (χ0) is 7.68. The molecule has 0 spiro atoms. The molecule has 2 aromatic rings. The van der Waals surface area contributed by atoms with Crippen molar-refractivity contribution in [1.82, 2.24) is 15.0 Å². The first-order valence-electron chi connectivity index (χ1n) is 3.09. The van der Waals surface area contributed by atoms with Gasteiger partial charge < -0.3 is 0 Å². The summed E-state index contributed by atoms with van der Waals surface area (Å²) in [5.41, 5.74) is 1.53. The molecule has 54 valence electrons. The van der Waals surface area contributed by atoms with Crippen LogP contribution >= 0.6 is 11.6 Å². The summed E-state index contributed by atoms with van der Waals surface area (Å²) in [6.45, 7) is 0. The molecule has 2 heterocycles. The smallest absolute Gasteiger partial charge is 0.223 e. The molecule has 0 unspecified atom stereocenters. The van der Waals surface area contributed by atoms with Crippen LogP contribution in [0.25, 0.3) is 11.0 Å². The van der Waals surface area contributed by atoms with Gasteiger partial charge in [0.05, 0.1) is 11.7 Å². The first-order valence-corrected chi connectivity index (χ1v) is 3.47. The Morgan fingerprint density at radius 3 is 3.00 bits per heavy atom. The molecule has 0 aliphatic rings. The van der Waals surface area contributed by atoms with Gasteiger partial charge in [-0.25, -0.2) is 9.97 Å². The lowest BCUT2D eigenvalue weighted by Gasteiger charge is -1.92. The van der Waals surface area contributed by atoms with Crippen LogP contribution in [0.4, 0.5) is 0 Å². The lowest BCUT2D eigenvalue weighted by molar-refractivity contribution is 1.20. The molecule has 0 aliphatic heterocycles. The zero-order valence-electron chi connectivity index (χ0n) is 5.53. The molecule has 4 heteroatoms. The summed E-state index contributed by atoms with van der Waals surface area (Å²) in [4.78, 5) is 11.8.